The van der Waals surface area contributed by atoms with E-state index in [0.29, 0.717) is 12.6 Å². The van der Waals surface area contributed by atoms with Gasteiger partial charge in [-0.05, 0) is 25.0 Å². The fraction of sp³-hybridized carbons (Fsp3) is 0.429. The zero-order valence-electron chi connectivity index (χ0n) is 11.2. The number of ether oxygens (including phenoxy) is 1. The molecule has 0 aliphatic rings. The van der Waals surface area contributed by atoms with Crippen LogP contribution < -0.4 is 0 Å². The van der Waals surface area contributed by atoms with Crippen molar-refractivity contribution in [1.82, 2.24) is 0 Å². The molecule has 0 saturated heterocycles. The third kappa shape index (κ3) is 5.52. The number of rotatable bonds is 10. The Kier molecular flexibility index (Phi) is 7.44. The van der Waals surface area contributed by atoms with Crippen LogP contribution in [0.4, 0.5) is 0 Å². The van der Waals surface area contributed by atoms with Crippen LogP contribution in [-0.2, 0) is 23.9 Å². The van der Waals surface area contributed by atoms with E-state index < -0.39 is 23.8 Å². The maximum atomic E-state index is 11.8. The molecule has 0 heterocycles. The zero-order valence-corrected chi connectivity index (χ0v) is 11.2. The van der Waals surface area contributed by atoms with E-state index in [0.717, 1.165) is 0 Å². The largest absolute Gasteiger partial charge is 0.358 e. The monoisotopic (exact) mass is 266 g/mol. The normalized spacial score (nSPS) is 13.2. The third-order valence-electron chi connectivity index (χ3n) is 2.38. The Hall–Kier alpha value is -1.88. The van der Waals surface area contributed by atoms with Gasteiger partial charge in [0.1, 0.15) is 24.8 Å². The molecule has 0 aliphatic carbocycles. The van der Waals surface area contributed by atoms with Crippen LogP contribution in [0.15, 0.2) is 24.3 Å². The van der Waals surface area contributed by atoms with Gasteiger partial charge in [0.15, 0.2) is 11.6 Å². The van der Waals surface area contributed by atoms with E-state index in [9.17, 15) is 19.2 Å². The van der Waals surface area contributed by atoms with Crippen molar-refractivity contribution in [1.29, 1.82) is 0 Å². The number of Topliss-reactive ketones (excluding diaryl/α,β-unsaturated/α-hetero) is 2. The van der Waals surface area contributed by atoms with Gasteiger partial charge in [-0.25, -0.2) is 0 Å². The predicted octanol–water partition coefficient (Wildman–Crippen LogP) is 1.21. The first-order valence-corrected chi connectivity index (χ1v) is 5.77. The van der Waals surface area contributed by atoms with Crippen molar-refractivity contribution in [3.63, 3.8) is 0 Å². The molecule has 0 rings (SSSR count). The molecule has 19 heavy (non-hydrogen) atoms. The first-order valence-electron chi connectivity index (χ1n) is 5.77. The quantitative estimate of drug-likeness (QED) is 0.438. The first-order chi connectivity index (χ1) is 8.84. The van der Waals surface area contributed by atoms with Crippen LogP contribution in [0.3, 0.4) is 0 Å². The molecule has 0 N–H and O–H groups in total. The molecule has 0 saturated carbocycles. The lowest BCUT2D eigenvalue weighted by Gasteiger charge is -2.20. The molecule has 0 spiro atoms. The Morgan fingerprint density at radius 2 is 1.26 bits per heavy atom. The van der Waals surface area contributed by atoms with Crippen molar-refractivity contribution in [2.24, 2.45) is 0 Å². The van der Waals surface area contributed by atoms with Crippen LogP contribution in [0.5, 0.6) is 0 Å². The van der Waals surface area contributed by atoms with Gasteiger partial charge in [-0.15, -0.1) is 0 Å². The summed E-state index contributed by atoms with van der Waals surface area (Å²) < 4.78 is 5.29. The highest BCUT2D eigenvalue weighted by Crippen LogP contribution is 2.13. The van der Waals surface area contributed by atoms with Crippen LogP contribution in [0.1, 0.15) is 26.7 Å². The first kappa shape index (κ1) is 17.1. The summed E-state index contributed by atoms with van der Waals surface area (Å²) in [7, 11) is 0. The van der Waals surface area contributed by atoms with Gasteiger partial charge in [-0.3, -0.25) is 9.59 Å². The van der Waals surface area contributed by atoms with E-state index in [1.165, 1.54) is 13.8 Å². The number of carbonyl (C=O) groups excluding carboxylic acids is 4. The van der Waals surface area contributed by atoms with Gasteiger partial charge < -0.3 is 14.3 Å². The van der Waals surface area contributed by atoms with Gasteiger partial charge in [0.25, 0.3) is 0 Å². The highest BCUT2D eigenvalue weighted by atomic mass is 16.5. The Morgan fingerprint density at radius 3 is 1.47 bits per heavy atom. The van der Waals surface area contributed by atoms with Crippen LogP contribution >= 0.6 is 0 Å². The zero-order chi connectivity index (χ0) is 15.0. The predicted molar refractivity (Wildman–Crippen MR) is 69.7 cm³/mol. The lowest BCUT2D eigenvalue weighted by molar-refractivity contribution is -0.143. The summed E-state index contributed by atoms with van der Waals surface area (Å²) >= 11 is 0. The molecule has 0 fully saturated rings. The SMILES string of the molecule is C=C(C)C(=O)C(CC=O)OC(CC=O)C(=O)C(=C)C. The van der Waals surface area contributed by atoms with Crippen molar-refractivity contribution in [3.8, 4) is 0 Å². The molecule has 0 radical (unpaired) electrons. The van der Waals surface area contributed by atoms with Crippen LogP contribution in [0, 0.1) is 0 Å². The number of hydrogen-bond donors (Lipinski definition) is 0. The number of ketones is 2. The molecule has 5 heteroatoms. The van der Waals surface area contributed by atoms with E-state index in [-0.39, 0.29) is 24.0 Å². The molecule has 0 bridgehead atoms. The second-order valence-corrected chi connectivity index (χ2v) is 4.21. The minimum atomic E-state index is -1.09. The summed E-state index contributed by atoms with van der Waals surface area (Å²) in [6.07, 6.45) is -1.52. The molecule has 0 aliphatic heterocycles. The summed E-state index contributed by atoms with van der Waals surface area (Å²) in [6.45, 7) is 9.92. The van der Waals surface area contributed by atoms with Crippen molar-refractivity contribution in [3.05, 3.63) is 24.3 Å². The average molecular weight is 266 g/mol. The molecular weight excluding hydrogens is 248 g/mol. The topological polar surface area (TPSA) is 77.5 Å². The van der Waals surface area contributed by atoms with E-state index >= 15 is 0 Å². The van der Waals surface area contributed by atoms with E-state index in [4.69, 9.17) is 4.74 Å². The average Bonchev–Trinajstić information content (AvgIpc) is 2.35. The van der Waals surface area contributed by atoms with Crippen LogP contribution in [0.2, 0.25) is 0 Å². The third-order valence-corrected chi connectivity index (χ3v) is 2.38. The van der Waals surface area contributed by atoms with Gasteiger partial charge >= 0.3 is 0 Å². The lowest BCUT2D eigenvalue weighted by atomic mass is 10.0. The summed E-state index contributed by atoms with van der Waals surface area (Å²) in [4.78, 5) is 44.6. The Labute approximate surface area is 112 Å². The van der Waals surface area contributed by atoms with Crippen molar-refractivity contribution in [2.75, 3.05) is 0 Å². The standard InChI is InChI=1S/C14H18O5/c1-9(2)13(17)11(5-7-15)19-12(6-8-16)14(18)10(3)4/h7-8,11-12H,1,3,5-6H2,2,4H3. The highest BCUT2D eigenvalue weighted by Gasteiger charge is 2.27. The molecule has 0 aromatic heterocycles. The Morgan fingerprint density at radius 1 is 0.947 bits per heavy atom. The molecule has 0 aromatic rings. The molecule has 0 aromatic carbocycles. The van der Waals surface area contributed by atoms with Crippen molar-refractivity contribution >= 4 is 24.1 Å². The van der Waals surface area contributed by atoms with E-state index in [2.05, 4.69) is 13.2 Å². The second kappa shape index (κ2) is 8.26. The lowest BCUT2D eigenvalue weighted by Crippen LogP contribution is -2.35. The van der Waals surface area contributed by atoms with E-state index in [1.54, 1.807) is 0 Å². The van der Waals surface area contributed by atoms with Gasteiger partial charge in [0.05, 0.1) is 0 Å². The Balaban J connectivity index is 5.03. The maximum Gasteiger partial charge on any atom is 0.187 e. The fourth-order valence-electron chi connectivity index (χ4n) is 1.37. The van der Waals surface area contributed by atoms with Crippen LogP contribution in [0.25, 0.3) is 0 Å². The van der Waals surface area contributed by atoms with Gasteiger partial charge in [0.2, 0.25) is 0 Å². The molecule has 5 nitrogen and oxygen atoms in total. The highest BCUT2D eigenvalue weighted by molar-refractivity contribution is 6.01. The minimum Gasteiger partial charge on any atom is -0.358 e. The number of carbonyl (C=O) groups is 4. The Bertz CT molecular complexity index is 370. The number of hydrogen-bond acceptors (Lipinski definition) is 5. The molecule has 2 atom stereocenters. The summed E-state index contributed by atoms with van der Waals surface area (Å²) in [5.41, 5.74) is 0.443. The summed E-state index contributed by atoms with van der Waals surface area (Å²) in [5, 5.41) is 0. The molecule has 104 valence electrons. The fourth-order valence-corrected chi connectivity index (χ4v) is 1.37. The van der Waals surface area contributed by atoms with Gasteiger partial charge in [-0.1, -0.05) is 13.2 Å². The van der Waals surface area contributed by atoms with Crippen LogP contribution in [-0.4, -0.2) is 36.3 Å². The van der Waals surface area contributed by atoms with Crippen molar-refractivity contribution in [2.45, 2.75) is 38.9 Å². The molecule has 2 unspecified atom stereocenters. The second-order valence-electron chi connectivity index (χ2n) is 4.21. The van der Waals surface area contributed by atoms with Crippen molar-refractivity contribution < 1.29 is 23.9 Å². The minimum absolute atomic E-state index is 0.190. The van der Waals surface area contributed by atoms with E-state index in [1.807, 2.05) is 0 Å². The van der Waals surface area contributed by atoms with Gasteiger partial charge in [-0.2, -0.15) is 0 Å². The molecule has 0 amide bonds. The molecular formula is C14H18O5. The summed E-state index contributed by atoms with van der Waals surface area (Å²) in [6, 6.07) is 0. The number of aldehydes is 2. The maximum absolute atomic E-state index is 11.8. The summed E-state index contributed by atoms with van der Waals surface area (Å²) in [5.74, 6) is -0.921. The van der Waals surface area contributed by atoms with Gasteiger partial charge in [0, 0.05) is 12.8 Å². The smallest absolute Gasteiger partial charge is 0.187 e.